The molecule has 2 aromatic rings. The standard InChI is InChI=1S/C16H22N4OS.HI/c1-4-21-14-8-6-5-7-13(14)9-18-16(17-3)19-10-15-12(2)20-11-22-15;/h5-8,11H,4,9-10H2,1-3H3,(H2,17,18,19);1H. The number of para-hydroxylation sites is 1. The van der Waals surface area contributed by atoms with Gasteiger partial charge in [0.1, 0.15) is 5.75 Å². The highest BCUT2D eigenvalue weighted by molar-refractivity contribution is 14.0. The molecule has 0 aliphatic rings. The van der Waals surface area contributed by atoms with E-state index < -0.39 is 0 Å². The summed E-state index contributed by atoms with van der Waals surface area (Å²) < 4.78 is 5.63. The van der Waals surface area contributed by atoms with Crippen molar-refractivity contribution in [2.24, 2.45) is 4.99 Å². The van der Waals surface area contributed by atoms with Crippen molar-refractivity contribution >= 4 is 41.3 Å². The molecule has 0 spiro atoms. The smallest absolute Gasteiger partial charge is 0.191 e. The number of hydrogen-bond donors (Lipinski definition) is 2. The van der Waals surface area contributed by atoms with Crippen molar-refractivity contribution in [3.63, 3.8) is 0 Å². The lowest BCUT2D eigenvalue weighted by atomic mass is 10.2. The molecule has 0 aliphatic heterocycles. The van der Waals surface area contributed by atoms with Gasteiger partial charge in [0.25, 0.3) is 0 Å². The molecule has 1 aromatic carbocycles. The largest absolute Gasteiger partial charge is 0.494 e. The van der Waals surface area contributed by atoms with Crippen LogP contribution in [0.4, 0.5) is 0 Å². The highest BCUT2D eigenvalue weighted by atomic mass is 127. The van der Waals surface area contributed by atoms with Crippen molar-refractivity contribution < 1.29 is 4.74 Å². The summed E-state index contributed by atoms with van der Waals surface area (Å²) in [5, 5.41) is 6.61. The molecule has 0 unspecified atom stereocenters. The summed E-state index contributed by atoms with van der Waals surface area (Å²) in [6.45, 7) is 6.06. The Hall–Kier alpha value is -1.35. The molecular weight excluding hydrogens is 423 g/mol. The van der Waals surface area contributed by atoms with Gasteiger partial charge in [-0.05, 0) is 19.9 Å². The molecule has 2 N–H and O–H groups in total. The predicted molar refractivity (Wildman–Crippen MR) is 107 cm³/mol. The summed E-state index contributed by atoms with van der Waals surface area (Å²) in [5.74, 6) is 1.67. The summed E-state index contributed by atoms with van der Waals surface area (Å²) in [6.07, 6.45) is 0. The van der Waals surface area contributed by atoms with E-state index in [1.54, 1.807) is 18.4 Å². The Labute approximate surface area is 158 Å². The third-order valence-electron chi connectivity index (χ3n) is 3.20. The second-order valence-electron chi connectivity index (χ2n) is 4.68. The van der Waals surface area contributed by atoms with Crippen molar-refractivity contribution in [2.75, 3.05) is 13.7 Å². The average molecular weight is 446 g/mol. The normalized spacial score (nSPS) is 10.8. The number of aryl methyl sites for hydroxylation is 1. The molecule has 23 heavy (non-hydrogen) atoms. The Kier molecular flexibility index (Phi) is 8.93. The molecule has 5 nitrogen and oxygen atoms in total. The number of hydrogen-bond acceptors (Lipinski definition) is 4. The van der Waals surface area contributed by atoms with E-state index in [2.05, 4.69) is 26.7 Å². The molecule has 0 saturated carbocycles. The van der Waals surface area contributed by atoms with Crippen LogP contribution in [0, 0.1) is 6.92 Å². The Morgan fingerprint density at radius 2 is 2.00 bits per heavy atom. The maximum Gasteiger partial charge on any atom is 0.191 e. The Morgan fingerprint density at radius 1 is 1.26 bits per heavy atom. The molecule has 0 fully saturated rings. The lowest BCUT2D eigenvalue weighted by Crippen LogP contribution is -2.36. The first kappa shape index (κ1) is 19.7. The molecule has 1 heterocycles. The van der Waals surface area contributed by atoms with Crippen LogP contribution in [0.3, 0.4) is 0 Å². The van der Waals surface area contributed by atoms with E-state index in [-0.39, 0.29) is 24.0 Å². The summed E-state index contributed by atoms with van der Waals surface area (Å²) in [7, 11) is 1.77. The molecule has 0 aliphatic carbocycles. The molecule has 0 atom stereocenters. The van der Waals surface area contributed by atoms with Crippen molar-refractivity contribution in [2.45, 2.75) is 26.9 Å². The number of halogens is 1. The molecule has 0 saturated heterocycles. The van der Waals surface area contributed by atoms with Gasteiger partial charge >= 0.3 is 0 Å². The Bertz CT molecular complexity index is 630. The monoisotopic (exact) mass is 446 g/mol. The van der Waals surface area contributed by atoms with Gasteiger partial charge in [0, 0.05) is 24.0 Å². The SMILES string of the molecule is CCOc1ccccc1CNC(=NC)NCc1scnc1C.I. The van der Waals surface area contributed by atoms with E-state index in [1.807, 2.05) is 37.6 Å². The van der Waals surface area contributed by atoms with Crippen molar-refractivity contribution in [3.05, 3.63) is 45.9 Å². The first-order valence-electron chi connectivity index (χ1n) is 7.28. The highest BCUT2D eigenvalue weighted by Crippen LogP contribution is 2.17. The van der Waals surface area contributed by atoms with Gasteiger partial charge in [0.15, 0.2) is 5.96 Å². The van der Waals surface area contributed by atoms with E-state index in [1.165, 1.54) is 4.88 Å². The predicted octanol–water partition coefficient (Wildman–Crippen LogP) is 3.33. The highest BCUT2D eigenvalue weighted by Gasteiger charge is 2.05. The topological polar surface area (TPSA) is 58.5 Å². The molecule has 1 aromatic heterocycles. The first-order chi connectivity index (χ1) is 10.7. The quantitative estimate of drug-likeness (QED) is 0.406. The van der Waals surface area contributed by atoms with Gasteiger partial charge in [-0.2, -0.15) is 0 Å². The molecular formula is C16H23IN4OS. The molecule has 0 amide bonds. The number of aliphatic imine (C=N–C) groups is 1. The summed E-state index contributed by atoms with van der Waals surface area (Å²) in [4.78, 5) is 9.71. The van der Waals surface area contributed by atoms with Crippen LogP contribution in [0.25, 0.3) is 0 Å². The van der Waals surface area contributed by atoms with Crippen LogP contribution < -0.4 is 15.4 Å². The van der Waals surface area contributed by atoms with Crippen LogP contribution in [-0.4, -0.2) is 24.6 Å². The summed E-state index contributed by atoms with van der Waals surface area (Å²) >= 11 is 1.65. The Balaban J connectivity index is 0.00000264. The average Bonchev–Trinajstić information content (AvgIpc) is 2.94. The van der Waals surface area contributed by atoms with Gasteiger partial charge in [-0.3, -0.25) is 4.99 Å². The molecule has 126 valence electrons. The molecule has 0 bridgehead atoms. The minimum Gasteiger partial charge on any atom is -0.494 e. The number of aromatic nitrogens is 1. The summed E-state index contributed by atoms with van der Waals surface area (Å²) in [5.41, 5.74) is 4.04. The third kappa shape index (κ3) is 5.98. The number of ether oxygens (including phenoxy) is 1. The zero-order chi connectivity index (χ0) is 15.8. The van der Waals surface area contributed by atoms with E-state index in [0.717, 1.165) is 29.5 Å². The lowest BCUT2D eigenvalue weighted by molar-refractivity contribution is 0.336. The van der Waals surface area contributed by atoms with Gasteiger partial charge in [-0.15, -0.1) is 35.3 Å². The second-order valence-corrected chi connectivity index (χ2v) is 5.62. The lowest BCUT2D eigenvalue weighted by Gasteiger charge is -2.14. The maximum atomic E-state index is 5.63. The van der Waals surface area contributed by atoms with Gasteiger partial charge < -0.3 is 15.4 Å². The fourth-order valence-corrected chi connectivity index (χ4v) is 2.72. The van der Waals surface area contributed by atoms with Crippen LogP contribution in [0.1, 0.15) is 23.1 Å². The molecule has 7 heteroatoms. The van der Waals surface area contributed by atoms with Crippen molar-refractivity contribution in [1.82, 2.24) is 15.6 Å². The van der Waals surface area contributed by atoms with Crippen LogP contribution in [0.5, 0.6) is 5.75 Å². The van der Waals surface area contributed by atoms with Gasteiger partial charge in [0.2, 0.25) is 0 Å². The minimum atomic E-state index is 0. The number of nitrogens with one attached hydrogen (secondary N) is 2. The van der Waals surface area contributed by atoms with Crippen LogP contribution in [0.15, 0.2) is 34.8 Å². The molecule has 2 rings (SSSR count). The van der Waals surface area contributed by atoms with E-state index >= 15 is 0 Å². The van der Waals surface area contributed by atoms with Crippen molar-refractivity contribution in [1.29, 1.82) is 0 Å². The van der Waals surface area contributed by atoms with E-state index in [9.17, 15) is 0 Å². The van der Waals surface area contributed by atoms with Gasteiger partial charge in [-0.1, -0.05) is 18.2 Å². The van der Waals surface area contributed by atoms with Crippen LogP contribution in [-0.2, 0) is 13.1 Å². The maximum absolute atomic E-state index is 5.63. The van der Waals surface area contributed by atoms with Crippen molar-refractivity contribution in [3.8, 4) is 5.75 Å². The van der Waals surface area contributed by atoms with Crippen LogP contribution >= 0.6 is 35.3 Å². The van der Waals surface area contributed by atoms with E-state index in [4.69, 9.17) is 4.74 Å². The van der Waals surface area contributed by atoms with Gasteiger partial charge in [0.05, 0.1) is 24.4 Å². The third-order valence-corrected chi connectivity index (χ3v) is 4.14. The second kappa shape index (κ2) is 10.4. The number of rotatable bonds is 6. The Morgan fingerprint density at radius 3 is 2.65 bits per heavy atom. The fraction of sp³-hybridized carbons (Fsp3) is 0.375. The number of guanidine groups is 1. The van der Waals surface area contributed by atoms with Crippen LogP contribution in [0.2, 0.25) is 0 Å². The first-order valence-corrected chi connectivity index (χ1v) is 8.16. The van der Waals surface area contributed by atoms with E-state index in [0.29, 0.717) is 13.2 Å². The zero-order valence-corrected chi connectivity index (χ0v) is 16.8. The fourth-order valence-electron chi connectivity index (χ4n) is 2.01. The molecule has 0 radical (unpaired) electrons. The minimum absolute atomic E-state index is 0. The van der Waals surface area contributed by atoms with Gasteiger partial charge in [-0.25, -0.2) is 4.98 Å². The summed E-state index contributed by atoms with van der Waals surface area (Å²) in [6, 6.07) is 8.03. The number of nitrogens with zero attached hydrogens (tertiary/aromatic N) is 2. The number of benzene rings is 1. The zero-order valence-electron chi connectivity index (χ0n) is 13.6. The number of thiazole rings is 1.